The van der Waals surface area contributed by atoms with Crippen molar-refractivity contribution in [1.29, 1.82) is 0 Å². The molecule has 3 rings (SSSR count). The molecule has 1 atom stereocenters. The Morgan fingerprint density at radius 1 is 1.38 bits per heavy atom. The summed E-state index contributed by atoms with van der Waals surface area (Å²) < 4.78 is 7.56. The zero-order valence-electron chi connectivity index (χ0n) is 13.8. The third-order valence-corrected chi connectivity index (χ3v) is 4.68. The number of aromatic nitrogens is 2. The second-order valence-corrected chi connectivity index (χ2v) is 6.44. The number of ether oxygens (including phenoxy) is 1. The van der Waals surface area contributed by atoms with Gasteiger partial charge in [-0.05, 0) is 31.9 Å². The van der Waals surface area contributed by atoms with E-state index < -0.39 is 0 Å². The largest absolute Gasteiger partial charge is 0.492 e. The molecule has 0 N–H and O–H groups in total. The minimum atomic E-state index is -0.0207. The Morgan fingerprint density at radius 2 is 2.21 bits per heavy atom. The highest BCUT2D eigenvalue weighted by Crippen LogP contribution is 2.25. The topological polar surface area (TPSA) is 47.4 Å². The molecule has 0 radical (unpaired) electrons. The van der Waals surface area contributed by atoms with E-state index in [9.17, 15) is 4.79 Å². The average molecular weight is 348 g/mol. The van der Waals surface area contributed by atoms with E-state index in [1.165, 1.54) is 0 Å². The summed E-state index contributed by atoms with van der Waals surface area (Å²) in [7, 11) is 0. The molecule has 6 heteroatoms. The highest BCUT2D eigenvalue weighted by molar-refractivity contribution is 6.32. The van der Waals surface area contributed by atoms with Crippen molar-refractivity contribution >= 4 is 17.4 Å². The van der Waals surface area contributed by atoms with E-state index in [1.54, 1.807) is 17.0 Å². The summed E-state index contributed by atoms with van der Waals surface area (Å²) in [6.07, 6.45) is 5.53. The monoisotopic (exact) mass is 347 g/mol. The maximum Gasteiger partial charge on any atom is 0.293 e. The number of para-hydroxylation sites is 1. The van der Waals surface area contributed by atoms with E-state index in [0.29, 0.717) is 35.7 Å². The fourth-order valence-electron chi connectivity index (χ4n) is 3.06. The van der Waals surface area contributed by atoms with Crippen LogP contribution >= 0.6 is 11.6 Å². The molecule has 0 amide bonds. The van der Waals surface area contributed by atoms with E-state index in [-0.39, 0.29) is 5.56 Å². The number of aryl methyl sites for hydroxylation is 1. The van der Waals surface area contributed by atoms with Gasteiger partial charge in [0, 0.05) is 37.9 Å². The van der Waals surface area contributed by atoms with Crippen molar-refractivity contribution in [1.82, 2.24) is 9.55 Å². The molecular weight excluding hydrogens is 326 g/mol. The quantitative estimate of drug-likeness (QED) is 0.833. The molecule has 0 saturated carbocycles. The third kappa shape index (κ3) is 3.73. The average Bonchev–Trinajstić information content (AvgIpc) is 2.61. The van der Waals surface area contributed by atoms with Crippen molar-refractivity contribution in [2.24, 2.45) is 5.92 Å². The summed E-state index contributed by atoms with van der Waals surface area (Å²) in [6, 6.07) is 7.50. The van der Waals surface area contributed by atoms with Gasteiger partial charge in [0.05, 0.1) is 11.6 Å². The molecule has 2 aromatic rings. The molecule has 0 unspecified atom stereocenters. The first-order valence-corrected chi connectivity index (χ1v) is 8.74. The second kappa shape index (κ2) is 7.71. The smallest absolute Gasteiger partial charge is 0.293 e. The van der Waals surface area contributed by atoms with Gasteiger partial charge in [-0.15, -0.1) is 0 Å². The lowest BCUT2D eigenvalue weighted by atomic mass is 9.99. The zero-order valence-corrected chi connectivity index (χ0v) is 14.6. The van der Waals surface area contributed by atoms with Gasteiger partial charge in [-0.25, -0.2) is 4.98 Å². The Bertz CT molecular complexity index is 747. The fourth-order valence-corrected chi connectivity index (χ4v) is 3.25. The van der Waals surface area contributed by atoms with Crippen molar-refractivity contribution in [2.75, 3.05) is 24.6 Å². The summed E-state index contributed by atoms with van der Waals surface area (Å²) in [5, 5.41) is 0.626. The van der Waals surface area contributed by atoms with Gasteiger partial charge < -0.3 is 14.2 Å². The van der Waals surface area contributed by atoms with Crippen LogP contribution in [0.5, 0.6) is 5.75 Å². The highest BCUT2D eigenvalue weighted by Gasteiger charge is 2.23. The fraction of sp³-hybridized carbons (Fsp3) is 0.444. The van der Waals surface area contributed by atoms with Crippen molar-refractivity contribution in [3.8, 4) is 5.75 Å². The van der Waals surface area contributed by atoms with Gasteiger partial charge in [-0.1, -0.05) is 23.7 Å². The third-order valence-electron chi connectivity index (χ3n) is 4.37. The van der Waals surface area contributed by atoms with Crippen molar-refractivity contribution < 1.29 is 4.74 Å². The number of hydrogen-bond donors (Lipinski definition) is 0. The summed E-state index contributed by atoms with van der Waals surface area (Å²) in [5.41, 5.74) is -0.0207. The van der Waals surface area contributed by atoms with Gasteiger partial charge in [0.1, 0.15) is 5.75 Å². The standard InChI is InChI=1S/C18H22ClN3O2/c1-2-21-11-9-20-17(18(21)23)22-10-5-6-14(12-22)13-24-16-8-4-3-7-15(16)19/h3-4,7-9,11,14H,2,5-6,10,12-13H2,1H3/t14-/m1/s1. The molecule has 1 aliphatic rings. The number of nitrogens with zero attached hydrogens (tertiary/aromatic N) is 3. The summed E-state index contributed by atoms with van der Waals surface area (Å²) in [4.78, 5) is 18.8. The number of piperidine rings is 1. The van der Waals surface area contributed by atoms with Crippen LogP contribution in [0.3, 0.4) is 0 Å². The number of rotatable bonds is 5. The van der Waals surface area contributed by atoms with Crippen LogP contribution in [0, 0.1) is 5.92 Å². The molecule has 1 aliphatic heterocycles. The first-order chi connectivity index (χ1) is 11.7. The van der Waals surface area contributed by atoms with Gasteiger partial charge in [-0.3, -0.25) is 4.79 Å². The molecule has 5 nitrogen and oxygen atoms in total. The minimum absolute atomic E-state index is 0.0207. The van der Waals surface area contributed by atoms with Gasteiger partial charge in [0.15, 0.2) is 5.82 Å². The highest BCUT2D eigenvalue weighted by atomic mass is 35.5. The van der Waals surface area contributed by atoms with Crippen LogP contribution in [0.2, 0.25) is 5.02 Å². The Morgan fingerprint density at radius 3 is 3.00 bits per heavy atom. The predicted octanol–water partition coefficient (Wildman–Crippen LogP) is 3.21. The van der Waals surface area contributed by atoms with Gasteiger partial charge >= 0.3 is 0 Å². The van der Waals surface area contributed by atoms with Crippen LogP contribution in [0.1, 0.15) is 19.8 Å². The summed E-state index contributed by atoms with van der Waals surface area (Å²) in [6.45, 7) is 4.84. The first-order valence-electron chi connectivity index (χ1n) is 8.36. The lowest BCUT2D eigenvalue weighted by Gasteiger charge is -2.33. The summed E-state index contributed by atoms with van der Waals surface area (Å²) in [5.74, 6) is 1.61. The zero-order chi connectivity index (χ0) is 16.9. The second-order valence-electron chi connectivity index (χ2n) is 6.04. The van der Waals surface area contributed by atoms with Crippen molar-refractivity contribution in [2.45, 2.75) is 26.3 Å². The molecule has 128 valence electrons. The normalized spacial score (nSPS) is 17.8. The van der Waals surface area contributed by atoms with E-state index in [2.05, 4.69) is 9.88 Å². The van der Waals surface area contributed by atoms with Crippen LogP contribution in [-0.4, -0.2) is 29.2 Å². The lowest BCUT2D eigenvalue weighted by molar-refractivity contribution is 0.228. The Labute approximate surface area is 146 Å². The molecule has 1 saturated heterocycles. The molecule has 1 aromatic carbocycles. The maximum atomic E-state index is 12.4. The molecule has 0 spiro atoms. The number of halogens is 1. The first kappa shape index (κ1) is 16.8. The lowest BCUT2D eigenvalue weighted by Crippen LogP contribution is -2.41. The Balaban J connectivity index is 1.67. The van der Waals surface area contributed by atoms with E-state index in [1.807, 2.05) is 31.2 Å². The number of hydrogen-bond acceptors (Lipinski definition) is 4. The minimum Gasteiger partial charge on any atom is -0.492 e. The van der Waals surface area contributed by atoms with Crippen LogP contribution in [0.4, 0.5) is 5.82 Å². The van der Waals surface area contributed by atoms with Crippen LogP contribution in [0.25, 0.3) is 0 Å². The SMILES string of the molecule is CCn1ccnc(N2CCC[C@@H](COc3ccccc3Cl)C2)c1=O. The molecular formula is C18H22ClN3O2. The predicted molar refractivity (Wildman–Crippen MR) is 96.1 cm³/mol. The molecule has 2 heterocycles. The van der Waals surface area contributed by atoms with Crippen LogP contribution in [0.15, 0.2) is 41.5 Å². The van der Waals surface area contributed by atoms with E-state index >= 15 is 0 Å². The number of benzene rings is 1. The van der Waals surface area contributed by atoms with E-state index in [4.69, 9.17) is 16.3 Å². The molecule has 1 aromatic heterocycles. The Kier molecular flexibility index (Phi) is 5.41. The molecule has 1 fully saturated rings. The van der Waals surface area contributed by atoms with Crippen LogP contribution in [-0.2, 0) is 6.54 Å². The maximum absolute atomic E-state index is 12.4. The van der Waals surface area contributed by atoms with Gasteiger partial charge in [0.25, 0.3) is 5.56 Å². The van der Waals surface area contributed by atoms with Gasteiger partial charge in [-0.2, -0.15) is 0 Å². The van der Waals surface area contributed by atoms with Crippen molar-refractivity contribution in [3.05, 3.63) is 52.0 Å². The molecule has 0 aliphatic carbocycles. The van der Waals surface area contributed by atoms with Gasteiger partial charge in [0.2, 0.25) is 0 Å². The summed E-state index contributed by atoms with van der Waals surface area (Å²) >= 11 is 6.13. The number of anilines is 1. The molecule has 0 bridgehead atoms. The van der Waals surface area contributed by atoms with E-state index in [0.717, 1.165) is 25.9 Å². The Hall–Kier alpha value is -2.01. The van der Waals surface area contributed by atoms with Crippen LogP contribution < -0.4 is 15.2 Å². The van der Waals surface area contributed by atoms with Crippen molar-refractivity contribution in [3.63, 3.8) is 0 Å². The molecule has 24 heavy (non-hydrogen) atoms.